The number of hydrogen-bond acceptors (Lipinski definition) is 5. The van der Waals surface area contributed by atoms with E-state index in [-0.39, 0.29) is 17.8 Å². The van der Waals surface area contributed by atoms with E-state index >= 15 is 0 Å². The lowest BCUT2D eigenvalue weighted by molar-refractivity contribution is -0.142. The van der Waals surface area contributed by atoms with Crippen molar-refractivity contribution in [1.29, 1.82) is 0 Å². The summed E-state index contributed by atoms with van der Waals surface area (Å²) in [6.45, 7) is 3.82. The second kappa shape index (κ2) is 6.97. The molecule has 116 valence electrons. The maximum atomic E-state index is 11.9. The topological polar surface area (TPSA) is 84.7 Å². The van der Waals surface area contributed by atoms with Gasteiger partial charge < -0.3 is 20.7 Å². The number of nitrogens with two attached hydrogens (primary N) is 1. The largest absolute Gasteiger partial charge is 0.467 e. The second-order valence-electron chi connectivity index (χ2n) is 5.39. The molecular weight excluding hydrogens is 270 g/mol. The highest BCUT2D eigenvalue weighted by Crippen LogP contribution is 2.23. The highest BCUT2D eigenvalue weighted by molar-refractivity contribution is 5.96. The Bertz CT molecular complexity index is 527. The molecule has 0 aliphatic heterocycles. The average Bonchev–Trinajstić information content (AvgIpc) is 2.43. The van der Waals surface area contributed by atoms with Gasteiger partial charge in [-0.25, -0.2) is 4.79 Å². The molecule has 21 heavy (non-hydrogen) atoms. The lowest BCUT2D eigenvalue weighted by Crippen LogP contribution is -2.35. The van der Waals surface area contributed by atoms with Gasteiger partial charge in [-0.3, -0.25) is 4.79 Å². The number of amides is 1. The Morgan fingerprint density at radius 1 is 1.29 bits per heavy atom. The van der Waals surface area contributed by atoms with Crippen molar-refractivity contribution in [3.05, 3.63) is 23.8 Å². The van der Waals surface area contributed by atoms with E-state index in [9.17, 15) is 9.59 Å². The van der Waals surface area contributed by atoms with Crippen molar-refractivity contribution >= 4 is 23.3 Å². The quantitative estimate of drug-likeness (QED) is 0.636. The van der Waals surface area contributed by atoms with Gasteiger partial charge in [-0.15, -0.1) is 0 Å². The molecule has 0 aliphatic carbocycles. The molecule has 1 aromatic carbocycles. The number of ether oxygens (including phenoxy) is 1. The number of benzene rings is 1. The van der Waals surface area contributed by atoms with Crippen LogP contribution in [0.5, 0.6) is 0 Å². The number of anilines is 2. The third kappa shape index (κ3) is 4.11. The van der Waals surface area contributed by atoms with Gasteiger partial charge in [0.1, 0.15) is 6.04 Å². The van der Waals surface area contributed by atoms with Gasteiger partial charge in [0.2, 0.25) is 0 Å². The van der Waals surface area contributed by atoms with Crippen molar-refractivity contribution in [1.82, 2.24) is 4.90 Å². The molecule has 0 radical (unpaired) electrons. The van der Waals surface area contributed by atoms with Crippen LogP contribution in [-0.4, -0.2) is 44.0 Å². The summed E-state index contributed by atoms with van der Waals surface area (Å²) in [5, 5.41) is 3.07. The molecule has 6 heteroatoms. The summed E-state index contributed by atoms with van der Waals surface area (Å²) in [6.07, 6.45) is 0. The van der Waals surface area contributed by atoms with Crippen molar-refractivity contribution < 1.29 is 14.3 Å². The zero-order chi connectivity index (χ0) is 16.2. The van der Waals surface area contributed by atoms with Gasteiger partial charge in [0, 0.05) is 19.7 Å². The van der Waals surface area contributed by atoms with E-state index in [0.29, 0.717) is 16.9 Å². The van der Waals surface area contributed by atoms with E-state index in [1.165, 1.54) is 12.0 Å². The van der Waals surface area contributed by atoms with E-state index in [4.69, 9.17) is 10.5 Å². The fourth-order valence-corrected chi connectivity index (χ4v) is 1.88. The van der Waals surface area contributed by atoms with Crippen LogP contribution < -0.4 is 11.1 Å². The number of rotatable bonds is 5. The normalized spacial score (nSPS) is 11.9. The third-order valence-electron chi connectivity index (χ3n) is 3.14. The summed E-state index contributed by atoms with van der Waals surface area (Å²) in [4.78, 5) is 25.1. The number of hydrogen-bond donors (Lipinski definition) is 2. The Labute approximate surface area is 125 Å². The van der Waals surface area contributed by atoms with Crippen LogP contribution in [0.2, 0.25) is 0 Å². The first kappa shape index (κ1) is 16.8. The molecule has 0 bridgehead atoms. The molecule has 0 aromatic heterocycles. The first-order valence-electron chi connectivity index (χ1n) is 6.73. The van der Waals surface area contributed by atoms with Crippen LogP contribution in [0.15, 0.2) is 18.2 Å². The number of nitrogens with zero attached hydrogens (tertiary/aromatic N) is 1. The standard InChI is InChI=1S/C15H23N3O3/c1-9(2)13(15(20)21-5)17-12-7-6-10(8-11(12)16)14(19)18(3)4/h6-9,13,17H,16H2,1-5H3. The van der Waals surface area contributed by atoms with Gasteiger partial charge in [-0.05, 0) is 24.1 Å². The van der Waals surface area contributed by atoms with Crippen molar-refractivity contribution in [3.8, 4) is 0 Å². The van der Waals surface area contributed by atoms with Crippen LogP contribution in [0, 0.1) is 5.92 Å². The van der Waals surface area contributed by atoms with Gasteiger partial charge >= 0.3 is 5.97 Å². The zero-order valence-electron chi connectivity index (χ0n) is 13.1. The molecule has 1 atom stereocenters. The summed E-state index contributed by atoms with van der Waals surface area (Å²) in [7, 11) is 4.70. The smallest absolute Gasteiger partial charge is 0.328 e. The minimum Gasteiger partial charge on any atom is -0.467 e. The Kier molecular flexibility index (Phi) is 5.58. The molecule has 3 N–H and O–H groups in total. The molecule has 0 aliphatic rings. The van der Waals surface area contributed by atoms with Crippen molar-refractivity contribution in [3.63, 3.8) is 0 Å². The van der Waals surface area contributed by atoms with E-state index in [2.05, 4.69) is 5.32 Å². The molecule has 0 saturated carbocycles. The van der Waals surface area contributed by atoms with E-state index < -0.39 is 6.04 Å². The molecule has 0 saturated heterocycles. The Hall–Kier alpha value is -2.24. The fraction of sp³-hybridized carbons (Fsp3) is 0.467. The first-order chi connectivity index (χ1) is 9.77. The van der Waals surface area contributed by atoms with Crippen LogP contribution in [0.3, 0.4) is 0 Å². The molecule has 1 aromatic rings. The highest BCUT2D eigenvalue weighted by Gasteiger charge is 2.23. The minimum atomic E-state index is -0.493. The van der Waals surface area contributed by atoms with Crippen molar-refractivity contribution in [2.75, 3.05) is 32.3 Å². The maximum Gasteiger partial charge on any atom is 0.328 e. The maximum absolute atomic E-state index is 11.9. The molecule has 0 spiro atoms. The number of methoxy groups -OCH3 is 1. The summed E-state index contributed by atoms with van der Waals surface area (Å²) >= 11 is 0. The number of nitrogen functional groups attached to an aromatic ring is 1. The zero-order valence-corrected chi connectivity index (χ0v) is 13.1. The molecule has 1 rings (SSSR count). The van der Waals surface area contributed by atoms with Crippen LogP contribution >= 0.6 is 0 Å². The Balaban J connectivity index is 2.99. The lowest BCUT2D eigenvalue weighted by atomic mass is 10.0. The summed E-state index contributed by atoms with van der Waals surface area (Å²) < 4.78 is 4.78. The number of nitrogens with one attached hydrogen (secondary N) is 1. The molecule has 1 amide bonds. The van der Waals surface area contributed by atoms with Gasteiger partial charge in [-0.2, -0.15) is 0 Å². The summed E-state index contributed by atoms with van der Waals surface area (Å²) in [5.41, 5.74) is 7.49. The fourth-order valence-electron chi connectivity index (χ4n) is 1.88. The number of esters is 1. The summed E-state index contributed by atoms with van der Waals surface area (Å²) in [5.74, 6) is -0.431. The van der Waals surface area contributed by atoms with E-state index in [1.54, 1.807) is 32.3 Å². The average molecular weight is 293 g/mol. The Morgan fingerprint density at radius 2 is 1.90 bits per heavy atom. The van der Waals surface area contributed by atoms with Gasteiger partial charge in [0.05, 0.1) is 18.5 Å². The SMILES string of the molecule is COC(=O)C(Nc1ccc(C(=O)N(C)C)cc1N)C(C)C. The van der Waals surface area contributed by atoms with Gasteiger partial charge in [0.25, 0.3) is 5.91 Å². The molecule has 1 unspecified atom stereocenters. The molecule has 0 fully saturated rings. The monoisotopic (exact) mass is 293 g/mol. The molecule has 0 heterocycles. The van der Waals surface area contributed by atoms with Crippen LogP contribution in [0.4, 0.5) is 11.4 Å². The first-order valence-corrected chi connectivity index (χ1v) is 6.73. The summed E-state index contributed by atoms with van der Waals surface area (Å²) in [6, 6.07) is 4.48. The number of carbonyl (C=O) groups excluding carboxylic acids is 2. The van der Waals surface area contributed by atoms with Crippen molar-refractivity contribution in [2.24, 2.45) is 5.92 Å². The van der Waals surface area contributed by atoms with E-state index in [1.807, 2.05) is 13.8 Å². The lowest BCUT2D eigenvalue weighted by Gasteiger charge is -2.22. The Morgan fingerprint density at radius 3 is 2.33 bits per heavy atom. The minimum absolute atomic E-state index is 0.0416. The predicted octanol–water partition coefficient (Wildman–Crippen LogP) is 1.58. The third-order valence-corrected chi connectivity index (χ3v) is 3.14. The van der Waals surface area contributed by atoms with Gasteiger partial charge in [0.15, 0.2) is 0 Å². The van der Waals surface area contributed by atoms with Crippen LogP contribution in [-0.2, 0) is 9.53 Å². The predicted molar refractivity (Wildman–Crippen MR) is 83.1 cm³/mol. The second-order valence-corrected chi connectivity index (χ2v) is 5.39. The van der Waals surface area contributed by atoms with Gasteiger partial charge in [-0.1, -0.05) is 13.8 Å². The van der Waals surface area contributed by atoms with Crippen LogP contribution in [0.1, 0.15) is 24.2 Å². The highest BCUT2D eigenvalue weighted by atomic mass is 16.5. The van der Waals surface area contributed by atoms with Crippen LogP contribution in [0.25, 0.3) is 0 Å². The van der Waals surface area contributed by atoms with Crippen molar-refractivity contribution in [2.45, 2.75) is 19.9 Å². The molecular formula is C15H23N3O3. The van der Waals surface area contributed by atoms with E-state index in [0.717, 1.165) is 0 Å². The number of carbonyl (C=O) groups is 2. The molecule has 6 nitrogen and oxygen atoms in total.